The van der Waals surface area contributed by atoms with E-state index in [1.807, 2.05) is 11.8 Å². The molecule has 1 heteroatoms. The quantitative estimate of drug-likeness (QED) is 0.421. The Balaban J connectivity index is 2.88. The Morgan fingerprint density at radius 1 is 1.20 bits per heavy atom. The van der Waals surface area contributed by atoms with Crippen molar-refractivity contribution in [1.82, 2.24) is 0 Å². The van der Waals surface area contributed by atoms with Gasteiger partial charge in [-0.3, -0.25) is 0 Å². The molecule has 0 spiro atoms. The third kappa shape index (κ3) is 8.09. The second-order valence-corrected chi connectivity index (χ2v) is 3.33. The minimum absolute atomic E-state index is 1.17. The first-order valence-corrected chi connectivity index (χ1v) is 5.45. The summed E-state index contributed by atoms with van der Waals surface area (Å²) >= 11 is 1.88. The molecule has 0 fully saturated rings. The molecule has 0 aromatic heterocycles. The fourth-order valence-corrected chi connectivity index (χ4v) is 1.12. The average Bonchev–Trinajstić information content (AvgIpc) is 1.97. The van der Waals surface area contributed by atoms with Crippen molar-refractivity contribution < 1.29 is 0 Å². The molecule has 0 rings (SSSR count). The zero-order chi connectivity index (χ0) is 7.66. The maximum Gasteiger partial charge on any atom is 0.0110 e. The first kappa shape index (κ1) is 10.1. The second kappa shape index (κ2) is 9.09. The van der Waals surface area contributed by atoms with Gasteiger partial charge in [-0.15, -0.1) is 0 Å². The molecule has 0 N–H and O–H groups in total. The maximum absolute atomic E-state index is 2.30. The topological polar surface area (TPSA) is 0 Å². The fourth-order valence-electron chi connectivity index (χ4n) is 0.794. The molecule has 10 heavy (non-hydrogen) atoms. The van der Waals surface area contributed by atoms with Crippen molar-refractivity contribution >= 4 is 11.8 Å². The zero-order valence-corrected chi connectivity index (χ0v) is 7.91. The zero-order valence-electron chi connectivity index (χ0n) is 7.10. The van der Waals surface area contributed by atoms with Gasteiger partial charge in [0.05, 0.1) is 0 Å². The Morgan fingerprint density at radius 3 is 2.60 bits per heavy atom. The number of hydrogen-bond donors (Lipinski definition) is 0. The van der Waals surface area contributed by atoms with Gasteiger partial charge in [0.15, 0.2) is 0 Å². The molecule has 0 aliphatic carbocycles. The van der Waals surface area contributed by atoms with Crippen molar-refractivity contribution in [2.75, 3.05) is 12.0 Å². The summed E-state index contributed by atoms with van der Waals surface area (Å²) in [7, 11) is 0. The predicted molar refractivity (Wildman–Crippen MR) is 51.7 cm³/mol. The van der Waals surface area contributed by atoms with Crippen LogP contribution < -0.4 is 0 Å². The van der Waals surface area contributed by atoms with Gasteiger partial charge >= 0.3 is 0 Å². The van der Waals surface area contributed by atoms with Gasteiger partial charge in [-0.05, 0) is 19.1 Å². The minimum Gasteiger partial charge on any atom is -0.161 e. The first-order valence-electron chi connectivity index (χ1n) is 4.05. The molecule has 0 amide bonds. The standard InChI is InChI=1S/C9H18S/c1-3-4-5-6-7-8-9-10-2/h7-8H,3-6,9H2,1-2H3/b8-7+. The molecular weight excluding hydrogens is 140 g/mol. The summed E-state index contributed by atoms with van der Waals surface area (Å²) < 4.78 is 0. The minimum atomic E-state index is 1.17. The number of thioether (sulfide) groups is 1. The third-order valence-electron chi connectivity index (χ3n) is 1.40. The Morgan fingerprint density at radius 2 is 2.00 bits per heavy atom. The van der Waals surface area contributed by atoms with Crippen LogP contribution in [0.5, 0.6) is 0 Å². The Hall–Kier alpha value is 0.0900. The molecule has 0 nitrogen and oxygen atoms in total. The number of hydrogen-bond acceptors (Lipinski definition) is 1. The molecule has 0 heterocycles. The largest absolute Gasteiger partial charge is 0.161 e. The van der Waals surface area contributed by atoms with Crippen LogP contribution in [0.1, 0.15) is 32.6 Å². The highest BCUT2D eigenvalue weighted by molar-refractivity contribution is 7.98. The van der Waals surface area contributed by atoms with E-state index >= 15 is 0 Å². The Bertz CT molecular complexity index is 76.8. The summed E-state index contributed by atoms with van der Waals surface area (Å²) in [4.78, 5) is 0. The SMILES string of the molecule is CCCCC/C=C/CSC. The summed E-state index contributed by atoms with van der Waals surface area (Å²) in [6, 6.07) is 0. The average molecular weight is 158 g/mol. The lowest BCUT2D eigenvalue weighted by molar-refractivity contribution is 0.729. The van der Waals surface area contributed by atoms with Gasteiger partial charge in [0, 0.05) is 5.75 Å². The molecule has 0 saturated heterocycles. The molecule has 60 valence electrons. The lowest BCUT2D eigenvalue weighted by Crippen LogP contribution is -1.71. The second-order valence-electron chi connectivity index (χ2n) is 2.42. The van der Waals surface area contributed by atoms with E-state index in [0.29, 0.717) is 0 Å². The van der Waals surface area contributed by atoms with Crippen molar-refractivity contribution in [2.45, 2.75) is 32.6 Å². The molecule has 0 aromatic rings. The van der Waals surface area contributed by atoms with Crippen LogP contribution in [-0.2, 0) is 0 Å². The summed E-state index contributed by atoms with van der Waals surface area (Å²) in [6.45, 7) is 2.24. The number of unbranched alkanes of at least 4 members (excludes halogenated alkanes) is 3. The van der Waals surface area contributed by atoms with Gasteiger partial charge in [-0.25, -0.2) is 0 Å². The van der Waals surface area contributed by atoms with Crippen LogP contribution in [0.3, 0.4) is 0 Å². The highest BCUT2D eigenvalue weighted by Crippen LogP contribution is 2.00. The number of rotatable bonds is 6. The van der Waals surface area contributed by atoms with Gasteiger partial charge in [0.2, 0.25) is 0 Å². The van der Waals surface area contributed by atoms with E-state index in [0.717, 1.165) is 0 Å². The first-order chi connectivity index (χ1) is 4.91. The van der Waals surface area contributed by atoms with Crippen LogP contribution in [0.15, 0.2) is 12.2 Å². The van der Waals surface area contributed by atoms with E-state index in [4.69, 9.17) is 0 Å². The van der Waals surface area contributed by atoms with Crippen LogP contribution in [0.4, 0.5) is 0 Å². The molecule has 0 atom stereocenters. The predicted octanol–water partition coefficient (Wildman–Crippen LogP) is 3.49. The lowest BCUT2D eigenvalue weighted by atomic mass is 10.2. The monoisotopic (exact) mass is 158 g/mol. The van der Waals surface area contributed by atoms with E-state index in [-0.39, 0.29) is 0 Å². The van der Waals surface area contributed by atoms with Gasteiger partial charge in [-0.2, -0.15) is 11.8 Å². The van der Waals surface area contributed by atoms with E-state index < -0.39 is 0 Å². The van der Waals surface area contributed by atoms with Crippen molar-refractivity contribution in [3.63, 3.8) is 0 Å². The third-order valence-corrected chi connectivity index (χ3v) is 1.93. The molecule has 0 saturated carbocycles. The fraction of sp³-hybridized carbons (Fsp3) is 0.778. The van der Waals surface area contributed by atoms with Crippen LogP contribution in [0.2, 0.25) is 0 Å². The molecule has 0 aliphatic rings. The van der Waals surface area contributed by atoms with Crippen molar-refractivity contribution in [3.05, 3.63) is 12.2 Å². The molecule has 0 aliphatic heterocycles. The summed E-state index contributed by atoms with van der Waals surface area (Å²) in [5.41, 5.74) is 0. The van der Waals surface area contributed by atoms with E-state index in [1.54, 1.807) is 0 Å². The van der Waals surface area contributed by atoms with E-state index in [1.165, 1.54) is 31.4 Å². The Labute approximate surface area is 69.1 Å². The Kier molecular flexibility index (Phi) is 9.17. The van der Waals surface area contributed by atoms with Gasteiger partial charge in [-0.1, -0.05) is 31.9 Å². The van der Waals surface area contributed by atoms with Crippen molar-refractivity contribution in [1.29, 1.82) is 0 Å². The molecular formula is C9H18S. The highest BCUT2D eigenvalue weighted by atomic mass is 32.2. The lowest BCUT2D eigenvalue weighted by Gasteiger charge is -1.90. The van der Waals surface area contributed by atoms with Crippen LogP contribution in [0.25, 0.3) is 0 Å². The van der Waals surface area contributed by atoms with E-state index in [9.17, 15) is 0 Å². The van der Waals surface area contributed by atoms with Crippen LogP contribution >= 0.6 is 11.8 Å². The summed E-state index contributed by atoms with van der Waals surface area (Å²) in [6.07, 6.45) is 12.0. The summed E-state index contributed by atoms with van der Waals surface area (Å²) in [5, 5.41) is 0. The van der Waals surface area contributed by atoms with E-state index in [2.05, 4.69) is 25.3 Å². The van der Waals surface area contributed by atoms with Crippen LogP contribution in [0, 0.1) is 0 Å². The van der Waals surface area contributed by atoms with Crippen molar-refractivity contribution in [3.8, 4) is 0 Å². The molecule has 0 aromatic carbocycles. The summed E-state index contributed by atoms with van der Waals surface area (Å²) in [5.74, 6) is 1.17. The van der Waals surface area contributed by atoms with Gasteiger partial charge < -0.3 is 0 Å². The smallest absolute Gasteiger partial charge is 0.0110 e. The number of allylic oxidation sites excluding steroid dienone is 1. The maximum atomic E-state index is 2.30. The van der Waals surface area contributed by atoms with Crippen molar-refractivity contribution in [2.24, 2.45) is 0 Å². The normalized spacial score (nSPS) is 11.0. The molecule has 0 radical (unpaired) electrons. The van der Waals surface area contributed by atoms with Crippen LogP contribution in [-0.4, -0.2) is 12.0 Å². The molecule has 0 bridgehead atoms. The van der Waals surface area contributed by atoms with Gasteiger partial charge in [0.25, 0.3) is 0 Å². The highest BCUT2D eigenvalue weighted by Gasteiger charge is 1.80. The molecule has 0 unspecified atom stereocenters. The van der Waals surface area contributed by atoms with Gasteiger partial charge in [0.1, 0.15) is 0 Å².